The molecule has 2 aromatic rings. The van der Waals surface area contributed by atoms with Crippen molar-refractivity contribution in [2.24, 2.45) is 0 Å². The van der Waals surface area contributed by atoms with Crippen LogP contribution in [0.3, 0.4) is 0 Å². The Kier molecular flexibility index (Phi) is 5.47. The van der Waals surface area contributed by atoms with Crippen molar-refractivity contribution in [3.63, 3.8) is 0 Å². The molecule has 3 nitrogen and oxygen atoms in total. The number of nitrogens with zero attached hydrogens (tertiary/aromatic N) is 1. The summed E-state index contributed by atoms with van der Waals surface area (Å²) in [4.78, 5) is 12.3. The first-order chi connectivity index (χ1) is 10.3. The summed E-state index contributed by atoms with van der Waals surface area (Å²) < 4.78 is 21.6. The zero-order valence-electron chi connectivity index (χ0n) is 13.2. The number of benzene rings is 1. The summed E-state index contributed by atoms with van der Waals surface area (Å²) in [6.45, 7) is 5.49. The number of hydrogen-bond acceptors (Lipinski definition) is 2. The van der Waals surface area contributed by atoms with Gasteiger partial charge in [0.1, 0.15) is 11.4 Å². The number of aryl methyl sites for hydroxylation is 1. The lowest BCUT2D eigenvalue weighted by molar-refractivity contribution is 0.0544. The summed E-state index contributed by atoms with van der Waals surface area (Å²) in [6, 6.07) is 4.50. The van der Waals surface area contributed by atoms with Gasteiger partial charge in [0.25, 0.3) is 0 Å². The number of hydrogen-bond donors (Lipinski definition) is 0. The van der Waals surface area contributed by atoms with E-state index in [0.717, 1.165) is 34.6 Å². The van der Waals surface area contributed by atoms with Crippen LogP contribution in [0.25, 0.3) is 10.9 Å². The van der Waals surface area contributed by atoms with E-state index in [0.29, 0.717) is 5.52 Å². The Balaban J connectivity index is 2.40. The van der Waals surface area contributed by atoms with Crippen LogP contribution < -0.4 is 0 Å². The van der Waals surface area contributed by atoms with E-state index in [1.807, 2.05) is 20.8 Å². The third-order valence-electron chi connectivity index (χ3n) is 3.27. The van der Waals surface area contributed by atoms with Gasteiger partial charge in [-0.3, -0.25) is 4.57 Å². The van der Waals surface area contributed by atoms with E-state index >= 15 is 0 Å². The van der Waals surface area contributed by atoms with Gasteiger partial charge in [-0.2, -0.15) is 0 Å². The van der Waals surface area contributed by atoms with Gasteiger partial charge in [0, 0.05) is 11.6 Å². The summed E-state index contributed by atoms with van der Waals surface area (Å²) in [5.41, 5.74) is 1.13. The lowest BCUT2D eigenvalue weighted by Gasteiger charge is -2.19. The first-order valence-corrected chi connectivity index (χ1v) is 8.93. The third kappa shape index (κ3) is 4.21. The SMILES string of the molecule is CC(C)(C)OC(=O)n1cc(CCCCI)c2cc(F)ccc21. The molecule has 0 saturated heterocycles. The summed E-state index contributed by atoms with van der Waals surface area (Å²) in [7, 11) is 0. The highest BCUT2D eigenvalue weighted by Gasteiger charge is 2.20. The molecule has 0 bridgehead atoms. The van der Waals surface area contributed by atoms with Crippen LogP contribution in [0, 0.1) is 5.82 Å². The number of aromatic nitrogens is 1. The second-order valence-corrected chi connectivity index (χ2v) is 7.39. The highest BCUT2D eigenvalue weighted by molar-refractivity contribution is 14.1. The maximum Gasteiger partial charge on any atom is 0.419 e. The van der Waals surface area contributed by atoms with Crippen LogP contribution in [0.15, 0.2) is 24.4 Å². The summed E-state index contributed by atoms with van der Waals surface area (Å²) >= 11 is 2.34. The lowest BCUT2D eigenvalue weighted by Crippen LogP contribution is -2.26. The Hall–Kier alpha value is -1.11. The van der Waals surface area contributed by atoms with E-state index in [1.165, 1.54) is 16.7 Å². The molecule has 0 unspecified atom stereocenters. The standard InChI is InChI=1S/C17H21FINO2/c1-17(2,3)22-16(21)20-11-12(6-4-5-9-19)14-10-13(18)7-8-15(14)20/h7-8,10-11H,4-6,9H2,1-3H3. The Bertz CT molecular complexity index is 673. The molecule has 1 heterocycles. The van der Waals surface area contributed by atoms with E-state index < -0.39 is 11.7 Å². The zero-order chi connectivity index (χ0) is 16.3. The first-order valence-electron chi connectivity index (χ1n) is 7.40. The van der Waals surface area contributed by atoms with Gasteiger partial charge in [0.05, 0.1) is 5.52 Å². The molecule has 0 amide bonds. The smallest absolute Gasteiger partial charge is 0.419 e. The molecule has 0 aliphatic carbocycles. The molecule has 0 N–H and O–H groups in total. The van der Waals surface area contributed by atoms with Crippen molar-refractivity contribution in [2.75, 3.05) is 4.43 Å². The molecule has 0 spiro atoms. The number of unbranched alkanes of at least 4 members (excludes halogenated alkanes) is 1. The van der Waals surface area contributed by atoms with Crippen molar-refractivity contribution in [1.29, 1.82) is 0 Å². The molecule has 22 heavy (non-hydrogen) atoms. The predicted molar refractivity (Wildman–Crippen MR) is 95.4 cm³/mol. The molecular weight excluding hydrogens is 396 g/mol. The van der Waals surface area contributed by atoms with Crippen LogP contribution in [0.1, 0.15) is 39.2 Å². The highest BCUT2D eigenvalue weighted by atomic mass is 127. The van der Waals surface area contributed by atoms with Crippen LogP contribution in [0.5, 0.6) is 0 Å². The number of fused-ring (bicyclic) bond motifs is 1. The minimum atomic E-state index is -0.560. The Morgan fingerprint density at radius 3 is 2.68 bits per heavy atom. The second-order valence-electron chi connectivity index (χ2n) is 6.31. The van der Waals surface area contributed by atoms with Crippen LogP contribution in [0.2, 0.25) is 0 Å². The van der Waals surface area contributed by atoms with E-state index in [1.54, 1.807) is 12.3 Å². The second kappa shape index (κ2) is 6.98. The number of rotatable bonds is 4. The fourth-order valence-corrected chi connectivity index (χ4v) is 2.88. The van der Waals surface area contributed by atoms with Gasteiger partial charge < -0.3 is 4.74 Å². The van der Waals surface area contributed by atoms with Crippen LogP contribution in [-0.4, -0.2) is 20.7 Å². The molecule has 0 aliphatic heterocycles. The maximum atomic E-state index is 13.6. The van der Waals surface area contributed by atoms with Crippen LogP contribution >= 0.6 is 22.6 Å². The van der Waals surface area contributed by atoms with Crippen molar-refractivity contribution in [2.45, 2.75) is 45.6 Å². The fraction of sp³-hybridized carbons (Fsp3) is 0.471. The van der Waals surface area contributed by atoms with Crippen molar-refractivity contribution in [3.8, 4) is 0 Å². The Morgan fingerprint density at radius 2 is 2.05 bits per heavy atom. The molecule has 0 aliphatic rings. The molecule has 1 aromatic heterocycles. The third-order valence-corrected chi connectivity index (χ3v) is 4.03. The predicted octanol–water partition coefficient (Wildman–Crippen LogP) is 5.32. The monoisotopic (exact) mass is 417 g/mol. The van der Waals surface area contributed by atoms with Crippen molar-refractivity contribution < 1.29 is 13.9 Å². The molecule has 0 fully saturated rings. The largest absolute Gasteiger partial charge is 0.443 e. The van der Waals surface area contributed by atoms with Crippen LogP contribution in [-0.2, 0) is 11.2 Å². The maximum absolute atomic E-state index is 13.6. The average Bonchev–Trinajstić information content (AvgIpc) is 2.75. The van der Waals surface area contributed by atoms with Gasteiger partial charge >= 0.3 is 6.09 Å². The number of alkyl halides is 1. The van der Waals surface area contributed by atoms with Gasteiger partial charge in [-0.15, -0.1) is 0 Å². The number of carbonyl (C=O) groups excluding carboxylic acids is 1. The molecule has 0 atom stereocenters. The molecular formula is C17H21FINO2. The van der Waals surface area contributed by atoms with E-state index in [2.05, 4.69) is 22.6 Å². The lowest BCUT2D eigenvalue weighted by atomic mass is 10.1. The Morgan fingerprint density at radius 1 is 1.32 bits per heavy atom. The van der Waals surface area contributed by atoms with Gasteiger partial charge in [-0.1, -0.05) is 22.6 Å². The summed E-state index contributed by atoms with van der Waals surface area (Å²) in [5, 5.41) is 0.791. The van der Waals surface area contributed by atoms with E-state index in [4.69, 9.17) is 4.74 Å². The minimum absolute atomic E-state index is 0.287. The molecule has 120 valence electrons. The zero-order valence-corrected chi connectivity index (χ0v) is 15.3. The molecule has 2 rings (SSSR count). The van der Waals surface area contributed by atoms with Gasteiger partial charge in [0.15, 0.2) is 0 Å². The van der Waals surface area contributed by atoms with Gasteiger partial charge in [-0.25, -0.2) is 9.18 Å². The summed E-state index contributed by atoms with van der Waals surface area (Å²) in [5.74, 6) is -0.287. The number of halogens is 2. The topological polar surface area (TPSA) is 31.2 Å². The van der Waals surface area contributed by atoms with Gasteiger partial charge in [0.2, 0.25) is 0 Å². The van der Waals surface area contributed by atoms with Crippen LogP contribution in [0.4, 0.5) is 9.18 Å². The molecule has 5 heteroatoms. The molecule has 0 saturated carbocycles. The fourth-order valence-electron chi connectivity index (χ4n) is 2.34. The van der Waals surface area contributed by atoms with Gasteiger partial charge in [-0.05, 0) is 68.2 Å². The molecule has 0 radical (unpaired) electrons. The molecule has 1 aromatic carbocycles. The Labute approximate surface area is 144 Å². The quantitative estimate of drug-likeness (QED) is 0.383. The summed E-state index contributed by atoms with van der Waals surface area (Å²) in [6.07, 6.45) is 4.32. The highest BCUT2D eigenvalue weighted by Crippen LogP contribution is 2.25. The minimum Gasteiger partial charge on any atom is -0.443 e. The first kappa shape index (κ1) is 17.2. The average molecular weight is 417 g/mol. The number of ether oxygens (including phenoxy) is 1. The van der Waals surface area contributed by atoms with Crippen molar-refractivity contribution in [1.82, 2.24) is 4.57 Å². The van der Waals surface area contributed by atoms with E-state index in [-0.39, 0.29) is 5.82 Å². The van der Waals surface area contributed by atoms with E-state index in [9.17, 15) is 9.18 Å². The normalized spacial score (nSPS) is 11.9. The van der Waals surface area contributed by atoms with Crippen molar-refractivity contribution in [3.05, 3.63) is 35.8 Å². The van der Waals surface area contributed by atoms with Crippen molar-refractivity contribution >= 4 is 39.6 Å². The number of carbonyl (C=O) groups is 1.